The van der Waals surface area contributed by atoms with Gasteiger partial charge in [-0.15, -0.1) is 12.4 Å². The van der Waals surface area contributed by atoms with E-state index in [0.717, 1.165) is 26.0 Å². The molecule has 6 nitrogen and oxygen atoms in total. The Labute approximate surface area is 126 Å². The number of carbonyl (C=O) groups is 2. The molecule has 0 saturated carbocycles. The van der Waals surface area contributed by atoms with E-state index in [0.29, 0.717) is 32.7 Å². The van der Waals surface area contributed by atoms with E-state index in [-0.39, 0.29) is 30.3 Å². The molecule has 2 heterocycles. The molecule has 1 N–H and O–H groups in total. The third-order valence-electron chi connectivity index (χ3n) is 3.75. The van der Waals surface area contributed by atoms with Crippen molar-refractivity contribution in [3.63, 3.8) is 0 Å². The zero-order valence-electron chi connectivity index (χ0n) is 12.0. The molecule has 0 spiro atoms. The minimum absolute atomic E-state index is 0. The molecule has 20 heavy (non-hydrogen) atoms. The molecular formula is C13H24ClN3O3. The molecule has 2 aliphatic rings. The van der Waals surface area contributed by atoms with Crippen LogP contribution >= 0.6 is 12.4 Å². The number of rotatable bonds is 4. The molecule has 7 heteroatoms. The second-order valence-electron chi connectivity index (χ2n) is 5.15. The Bertz CT molecular complexity index is 327. The van der Waals surface area contributed by atoms with Gasteiger partial charge in [-0.05, 0) is 12.8 Å². The number of ether oxygens (including phenoxy) is 1. The van der Waals surface area contributed by atoms with Crippen LogP contribution in [-0.2, 0) is 14.3 Å². The highest BCUT2D eigenvalue weighted by molar-refractivity contribution is 5.85. The van der Waals surface area contributed by atoms with Crippen molar-refractivity contribution in [2.24, 2.45) is 0 Å². The van der Waals surface area contributed by atoms with Crippen LogP contribution in [0.5, 0.6) is 0 Å². The van der Waals surface area contributed by atoms with Crippen molar-refractivity contribution in [3.05, 3.63) is 0 Å². The van der Waals surface area contributed by atoms with Crippen molar-refractivity contribution in [2.75, 3.05) is 45.9 Å². The number of halogens is 1. The first kappa shape index (κ1) is 17.2. The Balaban J connectivity index is 0.00000200. The van der Waals surface area contributed by atoms with Gasteiger partial charge in [0.15, 0.2) is 0 Å². The lowest BCUT2D eigenvalue weighted by molar-refractivity contribution is -0.137. The molecule has 0 radical (unpaired) electrons. The lowest BCUT2D eigenvalue weighted by Crippen LogP contribution is -2.52. The topological polar surface area (TPSA) is 61.9 Å². The predicted octanol–water partition coefficient (Wildman–Crippen LogP) is -0.132. The molecular weight excluding hydrogens is 282 g/mol. The molecule has 116 valence electrons. The number of amides is 2. The van der Waals surface area contributed by atoms with Gasteiger partial charge >= 0.3 is 0 Å². The van der Waals surface area contributed by atoms with Gasteiger partial charge in [-0.2, -0.15) is 0 Å². The minimum Gasteiger partial charge on any atom is -0.377 e. The van der Waals surface area contributed by atoms with Crippen LogP contribution in [0.3, 0.4) is 0 Å². The third kappa shape index (κ3) is 4.92. The Kier molecular flexibility index (Phi) is 7.26. The second-order valence-corrected chi connectivity index (χ2v) is 5.15. The summed E-state index contributed by atoms with van der Waals surface area (Å²) in [5.41, 5.74) is 0. The highest BCUT2D eigenvalue weighted by Crippen LogP contribution is 2.10. The maximum Gasteiger partial charge on any atom is 0.236 e. The molecule has 0 aromatic rings. The first-order valence-corrected chi connectivity index (χ1v) is 7.02. The van der Waals surface area contributed by atoms with E-state index in [2.05, 4.69) is 5.32 Å². The van der Waals surface area contributed by atoms with Crippen LogP contribution in [0.2, 0.25) is 0 Å². The molecule has 2 rings (SSSR count). The molecule has 2 aliphatic heterocycles. The normalized spacial score (nSPS) is 22.6. The average molecular weight is 306 g/mol. The van der Waals surface area contributed by atoms with Gasteiger partial charge < -0.3 is 19.9 Å². The van der Waals surface area contributed by atoms with Crippen LogP contribution in [0.25, 0.3) is 0 Å². The fraction of sp³-hybridized carbons (Fsp3) is 0.846. The molecule has 1 atom stereocenters. The quantitative estimate of drug-likeness (QED) is 0.786. The maximum atomic E-state index is 12.0. The summed E-state index contributed by atoms with van der Waals surface area (Å²) in [6.45, 7) is 6.09. The van der Waals surface area contributed by atoms with Gasteiger partial charge in [-0.1, -0.05) is 0 Å². The highest BCUT2D eigenvalue weighted by atomic mass is 35.5. The fourth-order valence-electron chi connectivity index (χ4n) is 2.53. The van der Waals surface area contributed by atoms with Crippen molar-refractivity contribution < 1.29 is 14.3 Å². The number of hydrogen-bond acceptors (Lipinski definition) is 4. The molecule has 2 saturated heterocycles. The minimum atomic E-state index is 0. The molecule has 0 aromatic carbocycles. The Morgan fingerprint density at radius 1 is 1.20 bits per heavy atom. The van der Waals surface area contributed by atoms with Crippen molar-refractivity contribution in [1.29, 1.82) is 0 Å². The number of nitrogens with zero attached hydrogens (tertiary/aromatic N) is 2. The fourth-order valence-corrected chi connectivity index (χ4v) is 2.53. The number of carbonyl (C=O) groups excluding carboxylic acids is 2. The lowest BCUT2D eigenvalue weighted by atomic mass is 10.2. The summed E-state index contributed by atoms with van der Waals surface area (Å²) in [6, 6.07) is 0. The van der Waals surface area contributed by atoms with Crippen LogP contribution < -0.4 is 5.32 Å². The summed E-state index contributed by atoms with van der Waals surface area (Å²) in [5, 5.41) is 3.16. The van der Waals surface area contributed by atoms with E-state index < -0.39 is 0 Å². The van der Waals surface area contributed by atoms with Crippen molar-refractivity contribution in [3.8, 4) is 0 Å². The summed E-state index contributed by atoms with van der Waals surface area (Å²) in [7, 11) is 0. The summed E-state index contributed by atoms with van der Waals surface area (Å²) < 4.78 is 5.49. The molecule has 2 fully saturated rings. The van der Waals surface area contributed by atoms with E-state index in [1.807, 2.05) is 4.90 Å². The molecule has 0 aliphatic carbocycles. The average Bonchev–Trinajstić information content (AvgIpc) is 2.92. The molecule has 2 amide bonds. The molecule has 1 unspecified atom stereocenters. The van der Waals surface area contributed by atoms with E-state index in [1.165, 1.54) is 0 Å². The van der Waals surface area contributed by atoms with Crippen molar-refractivity contribution in [2.45, 2.75) is 25.9 Å². The largest absolute Gasteiger partial charge is 0.377 e. The smallest absolute Gasteiger partial charge is 0.236 e. The number of piperazine rings is 1. The standard InChI is InChI=1S/C13H23N3O3.ClH/c1-11(17)15-4-6-16(7-5-15)13(18)10-14-9-12-3-2-8-19-12;/h12,14H,2-10H2,1H3;1H. The number of hydrogen-bond donors (Lipinski definition) is 1. The van der Waals surface area contributed by atoms with Gasteiger partial charge in [-0.3, -0.25) is 9.59 Å². The van der Waals surface area contributed by atoms with E-state index >= 15 is 0 Å². The van der Waals surface area contributed by atoms with Crippen molar-refractivity contribution >= 4 is 24.2 Å². The van der Waals surface area contributed by atoms with Gasteiger partial charge in [0.2, 0.25) is 11.8 Å². The monoisotopic (exact) mass is 305 g/mol. The van der Waals surface area contributed by atoms with Crippen LogP contribution in [0, 0.1) is 0 Å². The van der Waals surface area contributed by atoms with Crippen LogP contribution in [0.1, 0.15) is 19.8 Å². The molecule has 0 aromatic heterocycles. The van der Waals surface area contributed by atoms with E-state index in [9.17, 15) is 9.59 Å². The van der Waals surface area contributed by atoms with Gasteiger partial charge in [0.25, 0.3) is 0 Å². The zero-order chi connectivity index (χ0) is 13.7. The summed E-state index contributed by atoms with van der Waals surface area (Å²) in [4.78, 5) is 26.8. The van der Waals surface area contributed by atoms with Crippen LogP contribution in [0.4, 0.5) is 0 Å². The first-order valence-electron chi connectivity index (χ1n) is 7.02. The first-order chi connectivity index (χ1) is 9.16. The van der Waals surface area contributed by atoms with Gasteiger partial charge in [0.1, 0.15) is 0 Å². The Hall–Kier alpha value is -0.850. The molecule has 0 bridgehead atoms. The second kappa shape index (κ2) is 8.44. The highest BCUT2D eigenvalue weighted by Gasteiger charge is 2.22. The van der Waals surface area contributed by atoms with Crippen LogP contribution in [-0.4, -0.2) is 73.6 Å². The van der Waals surface area contributed by atoms with Gasteiger partial charge in [-0.25, -0.2) is 0 Å². The summed E-state index contributed by atoms with van der Waals surface area (Å²) in [6.07, 6.45) is 2.47. The SMILES string of the molecule is CC(=O)N1CCN(C(=O)CNCC2CCCO2)CC1.Cl. The number of nitrogens with one attached hydrogen (secondary N) is 1. The van der Waals surface area contributed by atoms with E-state index in [4.69, 9.17) is 4.74 Å². The predicted molar refractivity (Wildman–Crippen MR) is 77.9 cm³/mol. The zero-order valence-corrected chi connectivity index (χ0v) is 12.8. The van der Waals surface area contributed by atoms with Gasteiger partial charge in [0.05, 0.1) is 12.6 Å². The van der Waals surface area contributed by atoms with Crippen molar-refractivity contribution in [1.82, 2.24) is 15.1 Å². The van der Waals surface area contributed by atoms with E-state index in [1.54, 1.807) is 11.8 Å². The Morgan fingerprint density at radius 2 is 1.85 bits per heavy atom. The summed E-state index contributed by atoms with van der Waals surface area (Å²) >= 11 is 0. The van der Waals surface area contributed by atoms with Gasteiger partial charge in [0, 0.05) is 46.3 Å². The van der Waals surface area contributed by atoms with Crippen LogP contribution in [0.15, 0.2) is 0 Å². The maximum absolute atomic E-state index is 12.0. The lowest BCUT2D eigenvalue weighted by Gasteiger charge is -2.34. The summed E-state index contributed by atoms with van der Waals surface area (Å²) in [5.74, 6) is 0.199. The Morgan fingerprint density at radius 3 is 2.40 bits per heavy atom. The third-order valence-corrected chi connectivity index (χ3v) is 3.75.